The zero-order valence-electron chi connectivity index (χ0n) is 14.5. The second-order valence-electron chi connectivity index (χ2n) is 6.54. The van der Waals surface area contributed by atoms with Gasteiger partial charge in [0.25, 0.3) is 0 Å². The summed E-state index contributed by atoms with van der Waals surface area (Å²) >= 11 is 0. The molecule has 4 N–H and O–H groups in total. The molecular weight excluding hydrogens is 290 g/mol. The Morgan fingerprint density at radius 2 is 2.00 bits per heavy atom. The summed E-state index contributed by atoms with van der Waals surface area (Å²) in [5.74, 6) is 0.805. The monoisotopic (exact) mass is 319 g/mol. The predicted octanol–water partition coefficient (Wildman–Crippen LogP) is 1.99. The molecule has 0 saturated carbocycles. The fourth-order valence-electron chi connectivity index (χ4n) is 2.52. The Morgan fingerprint density at radius 1 is 1.22 bits per heavy atom. The molecule has 0 amide bonds. The highest BCUT2D eigenvalue weighted by atomic mass is 16.5. The van der Waals surface area contributed by atoms with Crippen molar-refractivity contribution in [2.45, 2.75) is 52.0 Å². The Hall–Kier alpha value is -1.56. The third-order valence-electron chi connectivity index (χ3n) is 3.62. The van der Waals surface area contributed by atoms with Crippen LogP contribution in [0.15, 0.2) is 24.4 Å². The van der Waals surface area contributed by atoms with Crippen LogP contribution in [-0.2, 0) is 0 Å². The Kier molecular flexibility index (Phi) is 6.45. The van der Waals surface area contributed by atoms with Gasteiger partial charge in [-0.2, -0.15) is 0 Å². The molecule has 1 aromatic rings. The van der Waals surface area contributed by atoms with E-state index in [0.717, 1.165) is 16.9 Å². The van der Waals surface area contributed by atoms with E-state index in [2.05, 4.69) is 49.7 Å². The minimum atomic E-state index is -0.525. The van der Waals surface area contributed by atoms with Crippen molar-refractivity contribution in [2.24, 2.45) is 0 Å². The van der Waals surface area contributed by atoms with E-state index < -0.39 is 6.10 Å². The van der Waals surface area contributed by atoms with Gasteiger partial charge in [0.1, 0.15) is 24.6 Å². The Labute approximate surface area is 139 Å². The van der Waals surface area contributed by atoms with Crippen LogP contribution < -0.4 is 20.7 Å². The van der Waals surface area contributed by atoms with Gasteiger partial charge in [0, 0.05) is 24.2 Å². The predicted molar refractivity (Wildman–Crippen MR) is 94.3 cm³/mol. The van der Waals surface area contributed by atoms with Crippen molar-refractivity contribution in [3.05, 3.63) is 35.5 Å². The van der Waals surface area contributed by atoms with Gasteiger partial charge in [-0.1, -0.05) is 26.0 Å². The number of aliphatic hydroxyl groups excluding tert-OH is 1. The van der Waals surface area contributed by atoms with Crippen molar-refractivity contribution >= 4 is 6.08 Å². The second-order valence-corrected chi connectivity index (χ2v) is 6.54. The van der Waals surface area contributed by atoms with Crippen LogP contribution in [0.5, 0.6) is 5.75 Å². The Morgan fingerprint density at radius 3 is 2.70 bits per heavy atom. The molecule has 0 fully saturated rings. The summed E-state index contributed by atoms with van der Waals surface area (Å²) in [6.45, 7) is 9.17. The number of fused-ring (bicyclic) bond motifs is 1. The molecule has 128 valence electrons. The Bertz CT molecular complexity index is 529. The van der Waals surface area contributed by atoms with Gasteiger partial charge < -0.3 is 20.5 Å². The number of nitrogens with one attached hydrogen (secondary N) is 3. The molecule has 0 aromatic heterocycles. The minimum absolute atomic E-state index is 0.0751. The average molecular weight is 319 g/mol. The van der Waals surface area contributed by atoms with Crippen LogP contribution in [0, 0.1) is 0 Å². The lowest BCUT2D eigenvalue weighted by atomic mass is 10.0. The van der Waals surface area contributed by atoms with Crippen molar-refractivity contribution in [2.75, 3.05) is 13.2 Å². The molecule has 0 aliphatic carbocycles. The maximum atomic E-state index is 10.0. The van der Waals surface area contributed by atoms with E-state index in [4.69, 9.17) is 4.74 Å². The van der Waals surface area contributed by atoms with E-state index >= 15 is 0 Å². The zero-order chi connectivity index (χ0) is 16.8. The number of benzene rings is 1. The maximum absolute atomic E-state index is 10.0. The summed E-state index contributed by atoms with van der Waals surface area (Å²) in [5, 5.41) is 20.0. The second kappa shape index (κ2) is 8.34. The molecule has 2 unspecified atom stereocenters. The van der Waals surface area contributed by atoms with Crippen LogP contribution >= 0.6 is 0 Å². The number of hydrogen-bond acceptors (Lipinski definition) is 5. The number of ether oxygens (including phenoxy) is 1. The average Bonchev–Trinajstić information content (AvgIpc) is 2.50. The van der Waals surface area contributed by atoms with Crippen LogP contribution in [0.1, 0.15) is 45.0 Å². The van der Waals surface area contributed by atoms with Crippen LogP contribution in [0.25, 0.3) is 6.08 Å². The molecule has 23 heavy (non-hydrogen) atoms. The third-order valence-corrected chi connectivity index (χ3v) is 3.62. The van der Waals surface area contributed by atoms with Gasteiger partial charge in [0.05, 0.1) is 0 Å². The summed E-state index contributed by atoms with van der Waals surface area (Å²) in [7, 11) is 0. The van der Waals surface area contributed by atoms with Crippen molar-refractivity contribution in [3.8, 4) is 5.75 Å². The number of hydrogen-bond donors (Lipinski definition) is 4. The first-order valence-corrected chi connectivity index (χ1v) is 8.33. The largest absolute Gasteiger partial charge is 0.490 e. The molecule has 1 aliphatic rings. The molecule has 0 bridgehead atoms. The van der Waals surface area contributed by atoms with Crippen molar-refractivity contribution in [1.29, 1.82) is 0 Å². The highest BCUT2D eigenvalue weighted by molar-refractivity contribution is 5.63. The van der Waals surface area contributed by atoms with E-state index in [9.17, 15) is 5.11 Å². The topological polar surface area (TPSA) is 65.5 Å². The maximum Gasteiger partial charge on any atom is 0.127 e. The van der Waals surface area contributed by atoms with Crippen molar-refractivity contribution in [3.63, 3.8) is 0 Å². The molecule has 2 rings (SSSR count). The Balaban J connectivity index is 2.03. The molecular formula is C18H29N3O2. The lowest BCUT2D eigenvalue weighted by molar-refractivity contribution is 0.104. The molecule has 5 heteroatoms. The molecule has 1 heterocycles. The number of aliphatic hydroxyl groups is 1. The molecule has 5 nitrogen and oxygen atoms in total. The van der Waals surface area contributed by atoms with Gasteiger partial charge in [-0.3, -0.25) is 5.32 Å². The van der Waals surface area contributed by atoms with E-state index in [1.165, 1.54) is 0 Å². The van der Waals surface area contributed by atoms with Gasteiger partial charge >= 0.3 is 0 Å². The molecule has 0 saturated heterocycles. The zero-order valence-corrected chi connectivity index (χ0v) is 14.5. The fraction of sp³-hybridized carbons (Fsp3) is 0.556. The first-order chi connectivity index (χ1) is 11.0. The van der Waals surface area contributed by atoms with Gasteiger partial charge in [-0.15, -0.1) is 0 Å². The van der Waals surface area contributed by atoms with Crippen LogP contribution in [0.3, 0.4) is 0 Å². The van der Waals surface area contributed by atoms with Gasteiger partial charge in [0.2, 0.25) is 0 Å². The van der Waals surface area contributed by atoms with E-state index in [0.29, 0.717) is 18.6 Å². The lowest BCUT2D eigenvalue weighted by Gasteiger charge is -2.28. The smallest absolute Gasteiger partial charge is 0.127 e. The standard InChI is InChI=1S/C18H29N3O2/c1-12(2)20-10-14(22)11-23-17-7-5-6-16-15(17)8-9-19-18(16)21-13(3)4/h5-9,12-14,18-22H,10-11H2,1-4H3. The highest BCUT2D eigenvalue weighted by Crippen LogP contribution is 2.30. The fourth-order valence-corrected chi connectivity index (χ4v) is 2.52. The summed E-state index contributed by atoms with van der Waals surface area (Å²) < 4.78 is 5.86. The first kappa shape index (κ1) is 17.8. The molecule has 0 radical (unpaired) electrons. The van der Waals surface area contributed by atoms with E-state index in [1.807, 2.05) is 24.4 Å². The highest BCUT2D eigenvalue weighted by Gasteiger charge is 2.20. The van der Waals surface area contributed by atoms with Crippen LogP contribution in [0.4, 0.5) is 0 Å². The normalized spacial score (nSPS) is 18.0. The summed E-state index contributed by atoms with van der Waals surface area (Å²) in [5.41, 5.74) is 2.22. The summed E-state index contributed by atoms with van der Waals surface area (Å²) in [4.78, 5) is 0. The van der Waals surface area contributed by atoms with Crippen molar-refractivity contribution in [1.82, 2.24) is 16.0 Å². The molecule has 1 aliphatic heterocycles. The minimum Gasteiger partial charge on any atom is -0.490 e. The van der Waals surface area contributed by atoms with Crippen molar-refractivity contribution < 1.29 is 9.84 Å². The van der Waals surface area contributed by atoms with Crippen LogP contribution in [0.2, 0.25) is 0 Å². The summed E-state index contributed by atoms with van der Waals surface area (Å²) in [6, 6.07) is 6.76. The SMILES string of the molecule is CC(C)NCC(O)COc1cccc2c1C=CNC2NC(C)C. The van der Waals surface area contributed by atoms with Gasteiger partial charge in [-0.05, 0) is 37.8 Å². The van der Waals surface area contributed by atoms with Crippen LogP contribution in [-0.4, -0.2) is 36.4 Å². The molecule has 2 atom stereocenters. The third kappa shape index (κ3) is 5.23. The summed E-state index contributed by atoms with van der Waals surface area (Å²) in [6.07, 6.45) is 3.50. The number of rotatable bonds is 8. The molecule has 0 spiro atoms. The first-order valence-electron chi connectivity index (χ1n) is 8.33. The van der Waals surface area contributed by atoms with Gasteiger partial charge in [-0.25, -0.2) is 0 Å². The van der Waals surface area contributed by atoms with E-state index in [-0.39, 0.29) is 12.8 Å². The quantitative estimate of drug-likeness (QED) is 0.590. The lowest BCUT2D eigenvalue weighted by Crippen LogP contribution is -2.37. The van der Waals surface area contributed by atoms with E-state index in [1.54, 1.807) is 0 Å². The molecule has 1 aromatic carbocycles. The van der Waals surface area contributed by atoms with Gasteiger partial charge in [0.15, 0.2) is 0 Å².